The smallest absolute Gasteiger partial charge is 0.331 e. The molecule has 2 aliphatic rings. The van der Waals surface area contributed by atoms with E-state index in [2.05, 4.69) is 5.32 Å². The summed E-state index contributed by atoms with van der Waals surface area (Å²) in [6.45, 7) is 6.47. The number of hydrogen-bond donors (Lipinski definition) is 1. The summed E-state index contributed by atoms with van der Waals surface area (Å²) in [5.41, 5.74) is 1.75. The van der Waals surface area contributed by atoms with Gasteiger partial charge in [0.15, 0.2) is 6.10 Å². The minimum absolute atomic E-state index is 0.100. The topological polar surface area (TPSA) is 94.2 Å². The maximum atomic E-state index is 12.2. The summed E-state index contributed by atoms with van der Waals surface area (Å²) >= 11 is 0. The number of carbonyl (C=O) groups excluding carboxylic acids is 3. The van der Waals surface area contributed by atoms with Crippen LogP contribution in [0.3, 0.4) is 0 Å². The molecule has 3 rings (SSSR count). The van der Waals surface area contributed by atoms with Crippen LogP contribution in [-0.2, 0) is 20.7 Å². The van der Waals surface area contributed by atoms with Crippen molar-refractivity contribution in [2.45, 2.75) is 39.4 Å². The van der Waals surface area contributed by atoms with Crippen LogP contribution < -0.4 is 14.8 Å². The fourth-order valence-electron chi connectivity index (χ4n) is 3.19. The molecule has 2 atom stereocenters. The van der Waals surface area contributed by atoms with Crippen molar-refractivity contribution in [1.29, 1.82) is 0 Å². The van der Waals surface area contributed by atoms with Gasteiger partial charge in [-0.3, -0.25) is 9.69 Å². The Bertz CT molecular complexity index is 819. The van der Waals surface area contributed by atoms with Crippen molar-refractivity contribution in [3.63, 3.8) is 0 Å². The van der Waals surface area contributed by atoms with Crippen molar-refractivity contribution in [3.8, 4) is 11.5 Å². The lowest BCUT2D eigenvalue weighted by atomic mass is 10.1. The molecular weight excluding hydrogens is 364 g/mol. The number of hydrogen-bond acceptors (Lipinski definition) is 6. The number of rotatable bonds is 6. The van der Waals surface area contributed by atoms with Gasteiger partial charge in [-0.05, 0) is 39.0 Å². The Hall–Kier alpha value is -3.03. The molecule has 1 N–H and O–H groups in total. The second kappa shape index (κ2) is 8.33. The van der Waals surface area contributed by atoms with E-state index in [-0.39, 0.29) is 12.6 Å². The predicted octanol–water partition coefficient (Wildman–Crippen LogP) is 1.91. The number of fused-ring (bicyclic) bond motifs is 1. The Morgan fingerprint density at radius 3 is 2.89 bits per heavy atom. The molecule has 0 unspecified atom stereocenters. The number of nitrogens with one attached hydrogen (secondary N) is 1. The van der Waals surface area contributed by atoms with Crippen LogP contribution in [0.25, 0.3) is 6.08 Å². The molecule has 1 aromatic rings. The second-order valence-electron chi connectivity index (χ2n) is 6.70. The van der Waals surface area contributed by atoms with Crippen LogP contribution in [0.2, 0.25) is 0 Å². The summed E-state index contributed by atoms with van der Waals surface area (Å²) in [5.74, 6) is 0.192. The van der Waals surface area contributed by atoms with Gasteiger partial charge in [0.05, 0.1) is 6.61 Å². The lowest BCUT2D eigenvalue weighted by Gasteiger charge is -2.17. The number of imide groups is 1. The molecule has 0 saturated carbocycles. The van der Waals surface area contributed by atoms with Gasteiger partial charge in [-0.15, -0.1) is 0 Å². The van der Waals surface area contributed by atoms with Crippen LogP contribution in [-0.4, -0.2) is 54.7 Å². The lowest BCUT2D eigenvalue weighted by Crippen LogP contribution is -2.41. The normalized spacial score (nSPS) is 19.2. The molecule has 150 valence electrons. The zero-order valence-electron chi connectivity index (χ0n) is 16.2. The van der Waals surface area contributed by atoms with Gasteiger partial charge in [0.1, 0.15) is 17.6 Å². The molecule has 0 spiro atoms. The van der Waals surface area contributed by atoms with Gasteiger partial charge in [0.2, 0.25) is 0 Å². The molecule has 0 radical (unpaired) electrons. The van der Waals surface area contributed by atoms with Crippen molar-refractivity contribution in [3.05, 3.63) is 29.3 Å². The van der Waals surface area contributed by atoms with E-state index in [0.717, 1.165) is 22.6 Å². The Labute approximate surface area is 163 Å². The average molecular weight is 388 g/mol. The first-order chi connectivity index (χ1) is 13.4. The lowest BCUT2D eigenvalue weighted by molar-refractivity contribution is -0.153. The molecule has 0 bridgehead atoms. The van der Waals surface area contributed by atoms with Crippen LogP contribution in [0.15, 0.2) is 18.2 Å². The van der Waals surface area contributed by atoms with E-state index in [1.165, 1.54) is 13.0 Å². The van der Waals surface area contributed by atoms with Crippen LogP contribution in [0.5, 0.6) is 11.5 Å². The van der Waals surface area contributed by atoms with Gasteiger partial charge in [0, 0.05) is 36.7 Å². The van der Waals surface area contributed by atoms with Crippen LogP contribution in [0.1, 0.15) is 31.9 Å². The van der Waals surface area contributed by atoms with Crippen molar-refractivity contribution in [2.24, 2.45) is 0 Å². The first kappa shape index (κ1) is 19.7. The summed E-state index contributed by atoms with van der Waals surface area (Å²) in [6, 6.07) is 3.28. The number of carbonyl (C=O) groups is 3. The second-order valence-corrected chi connectivity index (χ2v) is 6.70. The fraction of sp³-hybridized carbons (Fsp3) is 0.450. The molecule has 2 heterocycles. The minimum atomic E-state index is -1.06. The molecule has 8 heteroatoms. The molecule has 28 heavy (non-hydrogen) atoms. The highest BCUT2D eigenvalue weighted by Gasteiger charge is 2.31. The molecule has 8 nitrogen and oxygen atoms in total. The largest absolute Gasteiger partial charge is 0.493 e. The third-order valence-corrected chi connectivity index (χ3v) is 4.49. The summed E-state index contributed by atoms with van der Waals surface area (Å²) < 4.78 is 16.6. The average Bonchev–Trinajstić information content (AvgIpc) is 3.23. The number of ether oxygens (including phenoxy) is 3. The fourth-order valence-corrected chi connectivity index (χ4v) is 3.19. The van der Waals surface area contributed by atoms with Crippen LogP contribution in [0.4, 0.5) is 4.79 Å². The van der Waals surface area contributed by atoms with Crippen molar-refractivity contribution in [2.75, 3.05) is 19.7 Å². The van der Waals surface area contributed by atoms with E-state index in [1.807, 2.05) is 26.0 Å². The predicted molar refractivity (Wildman–Crippen MR) is 101 cm³/mol. The molecule has 3 amide bonds. The zero-order chi connectivity index (χ0) is 20.3. The maximum absolute atomic E-state index is 12.2. The first-order valence-electron chi connectivity index (χ1n) is 9.33. The van der Waals surface area contributed by atoms with Crippen molar-refractivity contribution < 1.29 is 28.6 Å². The van der Waals surface area contributed by atoms with Crippen molar-refractivity contribution >= 4 is 24.0 Å². The number of amides is 3. The highest BCUT2D eigenvalue weighted by atomic mass is 16.5. The highest BCUT2D eigenvalue weighted by Crippen LogP contribution is 2.35. The van der Waals surface area contributed by atoms with Gasteiger partial charge in [0.25, 0.3) is 5.91 Å². The molecule has 0 aliphatic carbocycles. The Morgan fingerprint density at radius 2 is 2.21 bits per heavy atom. The van der Waals surface area contributed by atoms with E-state index >= 15 is 0 Å². The molecule has 2 aliphatic heterocycles. The van der Waals surface area contributed by atoms with Crippen LogP contribution >= 0.6 is 0 Å². The van der Waals surface area contributed by atoms with Crippen LogP contribution in [0, 0.1) is 0 Å². The summed E-state index contributed by atoms with van der Waals surface area (Å²) in [5, 5.41) is 2.53. The van der Waals surface area contributed by atoms with Gasteiger partial charge in [-0.25, -0.2) is 9.59 Å². The van der Waals surface area contributed by atoms with Gasteiger partial charge >= 0.3 is 12.0 Å². The standard InChI is InChI=1S/C20H24N2O6/c1-4-26-16-11-15-9-12(2)27-17(15)10-14(16)5-6-18(23)28-13(3)19(24)22-8-7-21-20(22)25/h5-6,10-13H,4,7-9H2,1-3H3,(H,21,25)/b6-5+/t12-,13+/m1/s1. The Balaban J connectivity index is 1.67. The first-order valence-corrected chi connectivity index (χ1v) is 9.33. The van der Waals surface area contributed by atoms with E-state index in [1.54, 1.807) is 6.08 Å². The third kappa shape index (κ3) is 4.27. The SMILES string of the molecule is CCOc1cc2c(cc1/C=C/C(=O)O[C@@H](C)C(=O)N1CCNC1=O)O[C@H](C)C2. The highest BCUT2D eigenvalue weighted by molar-refractivity contribution is 5.99. The van der Waals surface area contributed by atoms with Gasteiger partial charge in [-0.2, -0.15) is 0 Å². The van der Waals surface area contributed by atoms with Gasteiger partial charge < -0.3 is 19.5 Å². The quantitative estimate of drug-likeness (QED) is 0.591. The van der Waals surface area contributed by atoms with E-state index < -0.39 is 24.0 Å². The Kier molecular flexibility index (Phi) is 5.87. The zero-order valence-corrected chi connectivity index (χ0v) is 16.2. The summed E-state index contributed by atoms with van der Waals surface area (Å²) in [7, 11) is 0. The number of benzene rings is 1. The van der Waals surface area contributed by atoms with E-state index in [9.17, 15) is 14.4 Å². The summed E-state index contributed by atoms with van der Waals surface area (Å²) in [6.07, 6.45) is 2.65. The monoisotopic (exact) mass is 388 g/mol. The molecule has 1 fully saturated rings. The van der Waals surface area contributed by atoms with E-state index in [4.69, 9.17) is 14.2 Å². The van der Waals surface area contributed by atoms with E-state index in [0.29, 0.717) is 24.5 Å². The number of urea groups is 1. The molecule has 1 saturated heterocycles. The van der Waals surface area contributed by atoms with Gasteiger partial charge in [-0.1, -0.05) is 0 Å². The van der Waals surface area contributed by atoms with Crippen molar-refractivity contribution in [1.82, 2.24) is 10.2 Å². The summed E-state index contributed by atoms with van der Waals surface area (Å²) in [4.78, 5) is 36.9. The third-order valence-electron chi connectivity index (χ3n) is 4.49. The molecular formula is C20H24N2O6. The number of esters is 1. The maximum Gasteiger partial charge on any atom is 0.331 e. The number of nitrogens with zero attached hydrogens (tertiary/aromatic N) is 1. The minimum Gasteiger partial charge on any atom is -0.493 e. The molecule has 1 aromatic carbocycles. The Morgan fingerprint density at radius 1 is 1.43 bits per heavy atom. The molecule has 0 aromatic heterocycles.